The van der Waals surface area contributed by atoms with E-state index in [0.717, 1.165) is 16.7 Å². The van der Waals surface area contributed by atoms with Gasteiger partial charge < -0.3 is 5.73 Å². The van der Waals surface area contributed by atoms with E-state index in [-0.39, 0.29) is 11.9 Å². The SMILES string of the molecule is Cc1cc(F)ccc1CC(N)c1cc(Cl)sc1Cl. The van der Waals surface area contributed by atoms with E-state index < -0.39 is 0 Å². The first-order valence-electron chi connectivity index (χ1n) is 5.42. The van der Waals surface area contributed by atoms with E-state index in [0.29, 0.717) is 15.1 Å². The Hall–Kier alpha value is -0.610. The number of aryl methyl sites for hydroxylation is 1. The highest BCUT2D eigenvalue weighted by Gasteiger charge is 2.15. The predicted octanol–water partition coefficient (Wildman–Crippen LogP) is 4.74. The van der Waals surface area contributed by atoms with Crippen molar-refractivity contribution in [2.75, 3.05) is 0 Å². The van der Waals surface area contributed by atoms with Gasteiger partial charge in [-0.15, -0.1) is 11.3 Å². The molecule has 5 heteroatoms. The summed E-state index contributed by atoms with van der Waals surface area (Å²) in [6.45, 7) is 1.87. The maximum atomic E-state index is 13.0. The average molecular weight is 304 g/mol. The molecule has 0 aliphatic rings. The maximum absolute atomic E-state index is 13.0. The van der Waals surface area contributed by atoms with E-state index in [1.165, 1.54) is 23.5 Å². The van der Waals surface area contributed by atoms with Crippen LogP contribution in [0.4, 0.5) is 4.39 Å². The maximum Gasteiger partial charge on any atom is 0.123 e. The van der Waals surface area contributed by atoms with Gasteiger partial charge in [0, 0.05) is 11.6 Å². The van der Waals surface area contributed by atoms with Crippen LogP contribution < -0.4 is 5.73 Å². The molecule has 1 nitrogen and oxygen atoms in total. The minimum Gasteiger partial charge on any atom is -0.324 e. The highest BCUT2D eigenvalue weighted by Crippen LogP contribution is 2.35. The fourth-order valence-corrected chi connectivity index (χ4v) is 3.44. The third-order valence-corrected chi connectivity index (χ3v) is 4.34. The second kappa shape index (κ2) is 5.57. The van der Waals surface area contributed by atoms with Crippen molar-refractivity contribution in [1.29, 1.82) is 0 Å². The lowest BCUT2D eigenvalue weighted by Crippen LogP contribution is -2.13. The van der Waals surface area contributed by atoms with Crippen LogP contribution in [0.2, 0.25) is 8.67 Å². The molecule has 0 aliphatic heterocycles. The summed E-state index contributed by atoms with van der Waals surface area (Å²) in [6.07, 6.45) is 0.610. The summed E-state index contributed by atoms with van der Waals surface area (Å²) < 4.78 is 14.3. The minimum atomic E-state index is -0.235. The quantitative estimate of drug-likeness (QED) is 0.870. The van der Waals surface area contributed by atoms with E-state index in [4.69, 9.17) is 28.9 Å². The summed E-state index contributed by atoms with van der Waals surface area (Å²) in [5.74, 6) is -0.235. The van der Waals surface area contributed by atoms with E-state index in [2.05, 4.69) is 0 Å². The van der Waals surface area contributed by atoms with Crippen molar-refractivity contribution in [3.63, 3.8) is 0 Å². The largest absolute Gasteiger partial charge is 0.324 e. The fraction of sp³-hybridized carbons (Fsp3) is 0.231. The number of halogens is 3. The van der Waals surface area contributed by atoms with Crippen LogP contribution in [0.15, 0.2) is 24.3 Å². The molecule has 0 fully saturated rings. The lowest BCUT2D eigenvalue weighted by molar-refractivity contribution is 0.624. The van der Waals surface area contributed by atoms with E-state index in [9.17, 15) is 4.39 Å². The van der Waals surface area contributed by atoms with Crippen molar-refractivity contribution in [3.8, 4) is 0 Å². The predicted molar refractivity (Wildman–Crippen MR) is 76.1 cm³/mol. The van der Waals surface area contributed by atoms with E-state index >= 15 is 0 Å². The van der Waals surface area contributed by atoms with Crippen molar-refractivity contribution >= 4 is 34.5 Å². The topological polar surface area (TPSA) is 26.0 Å². The second-order valence-corrected chi connectivity index (χ2v) is 6.45. The molecule has 0 saturated carbocycles. The van der Waals surface area contributed by atoms with Gasteiger partial charge in [-0.3, -0.25) is 0 Å². The van der Waals surface area contributed by atoms with Gasteiger partial charge in [0.05, 0.1) is 8.67 Å². The Bertz CT molecular complexity index is 568. The van der Waals surface area contributed by atoms with E-state index in [1.54, 1.807) is 12.1 Å². The molecule has 2 N–H and O–H groups in total. The third-order valence-electron chi connectivity index (χ3n) is 2.83. The molecule has 1 aromatic carbocycles. The summed E-state index contributed by atoms with van der Waals surface area (Å²) >= 11 is 13.3. The van der Waals surface area contributed by atoms with Crippen molar-refractivity contribution < 1.29 is 4.39 Å². The molecule has 0 bridgehead atoms. The van der Waals surface area contributed by atoms with Crippen LogP contribution >= 0.6 is 34.5 Å². The van der Waals surface area contributed by atoms with Gasteiger partial charge in [-0.1, -0.05) is 29.3 Å². The molecule has 1 heterocycles. The first-order valence-corrected chi connectivity index (χ1v) is 7.00. The van der Waals surface area contributed by atoms with Crippen LogP contribution in [0.3, 0.4) is 0 Å². The smallest absolute Gasteiger partial charge is 0.123 e. The normalized spacial score (nSPS) is 12.7. The van der Waals surface area contributed by atoms with Gasteiger partial charge in [0.1, 0.15) is 5.82 Å². The average Bonchev–Trinajstić information content (AvgIpc) is 2.62. The molecule has 96 valence electrons. The Morgan fingerprint density at radius 1 is 1.33 bits per heavy atom. The van der Waals surface area contributed by atoms with Crippen LogP contribution in [-0.2, 0) is 6.42 Å². The van der Waals surface area contributed by atoms with Gasteiger partial charge in [0.15, 0.2) is 0 Å². The van der Waals surface area contributed by atoms with Gasteiger partial charge in [-0.25, -0.2) is 4.39 Å². The molecule has 18 heavy (non-hydrogen) atoms. The molecule has 0 saturated heterocycles. The molecule has 0 aliphatic carbocycles. The highest BCUT2D eigenvalue weighted by molar-refractivity contribution is 7.20. The number of benzene rings is 1. The monoisotopic (exact) mass is 303 g/mol. The Balaban J connectivity index is 2.21. The number of rotatable bonds is 3. The Morgan fingerprint density at radius 3 is 2.61 bits per heavy atom. The summed E-state index contributed by atoms with van der Waals surface area (Å²) in [6, 6.07) is 6.26. The minimum absolute atomic E-state index is 0.231. The molecular formula is C13H12Cl2FNS. The number of nitrogens with two attached hydrogens (primary N) is 1. The molecule has 0 spiro atoms. The molecule has 1 atom stereocenters. The number of thiophene rings is 1. The van der Waals surface area contributed by atoms with Gasteiger partial charge in [0.2, 0.25) is 0 Å². The molecule has 0 amide bonds. The van der Waals surface area contributed by atoms with Crippen molar-refractivity contribution in [2.45, 2.75) is 19.4 Å². The Morgan fingerprint density at radius 2 is 2.06 bits per heavy atom. The van der Waals surface area contributed by atoms with Crippen molar-refractivity contribution in [2.24, 2.45) is 5.73 Å². The summed E-state index contributed by atoms with van der Waals surface area (Å²) in [5.41, 5.74) is 8.87. The number of hydrogen-bond donors (Lipinski definition) is 1. The molecule has 2 aromatic rings. The zero-order valence-corrected chi connectivity index (χ0v) is 12.0. The third kappa shape index (κ3) is 3.04. The number of hydrogen-bond acceptors (Lipinski definition) is 2. The molecule has 2 rings (SSSR count). The first-order chi connectivity index (χ1) is 8.47. The molecule has 1 aromatic heterocycles. The van der Waals surface area contributed by atoms with Crippen LogP contribution in [0.25, 0.3) is 0 Å². The van der Waals surface area contributed by atoms with Gasteiger partial charge in [-0.05, 0) is 42.7 Å². The lowest BCUT2D eigenvalue weighted by atomic mass is 9.98. The van der Waals surface area contributed by atoms with Crippen molar-refractivity contribution in [1.82, 2.24) is 0 Å². The van der Waals surface area contributed by atoms with Gasteiger partial charge in [0.25, 0.3) is 0 Å². The Kier molecular flexibility index (Phi) is 4.28. The molecule has 1 unspecified atom stereocenters. The summed E-state index contributed by atoms with van der Waals surface area (Å²) in [4.78, 5) is 0. The zero-order chi connectivity index (χ0) is 13.3. The summed E-state index contributed by atoms with van der Waals surface area (Å²) in [5, 5.41) is 0. The highest BCUT2D eigenvalue weighted by atomic mass is 35.5. The Labute approximate surface area is 119 Å². The van der Waals surface area contributed by atoms with Gasteiger partial charge in [-0.2, -0.15) is 0 Å². The fourth-order valence-electron chi connectivity index (χ4n) is 1.84. The standard InChI is InChI=1S/C13H12Cl2FNS/c1-7-4-9(16)3-2-8(7)5-11(17)10-6-12(14)18-13(10)15/h2-4,6,11H,5,17H2,1H3. The second-order valence-electron chi connectivity index (χ2n) is 4.16. The summed E-state index contributed by atoms with van der Waals surface area (Å²) in [7, 11) is 0. The van der Waals surface area contributed by atoms with Gasteiger partial charge >= 0.3 is 0 Å². The van der Waals surface area contributed by atoms with E-state index in [1.807, 2.05) is 6.92 Å². The first kappa shape index (κ1) is 13.8. The van der Waals surface area contributed by atoms with Crippen molar-refractivity contribution in [3.05, 3.63) is 55.4 Å². The molecular weight excluding hydrogens is 292 g/mol. The van der Waals surface area contributed by atoms with Crippen LogP contribution in [0.1, 0.15) is 22.7 Å². The van der Waals surface area contributed by atoms with Crippen LogP contribution in [0, 0.1) is 12.7 Å². The zero-order valence-electron chi connectivity index (χ0n) is 9.71. The lowest BCUT2D eigenvalue weighted by Gasteiger charge is -2.13. The van der Waals surface area contributed by atoms with Crippen LogP contribution in [-0.4, -0.2) is 0 Å². The molecule has 0 radical (unpaired) electrons. The van der Waals surface area contributed by atoms with Crippen LogP contribution in [0.5, 0.6) is 0 Å².